The number of imidazole rings is 1. The fraction of sp³-hybridized carbons (Fsp3) is 0.333. The summed E-state index contributed by atoms with van der Waals surface area (Å²) in [6.45, 7) is 2.40. The van der Waals surface area contributed by atoms with E-state index in [4.69, 9.17) is 9.47 Å². The molecule has 8 nitrogen and oxygen atoms in total. The first-order valence-corrected chi connectivity index (χ1v) is 9.51. The number of esters is 1. The lowest BCUT2D eigenvalue weighted by molar-refractivity contribution is 0.0370. The van der Waals surface area contributed by atoms with Gasteiger partial charge in [0.1, 0.15) is 6.10 Å². The van der Waals surface area contributed by atoms with Crippen LogP contribution in [0.15, 0.2) is 49.1 Å². The molecule has 2 aromatic heterocycles. The van der Waals surface area contributed by atoms with E-state index >= 15 is 0 Å². The summed E-state index contributed by atoms with van der Waals surface area (Å²) < 4.78 is 12.8. The van der Waals surface area contributed by atoms with Crippen LogP contribution in [0.3, 0.4) is 0 Å². The molecule has 0 radical (unpaired) electrons. The van der Waals surface area contributed by atoms with Gasteiger partial charge in [0.25, 0.3) is 11.8 Å². The Labute approximate surface area is 168 Å². The van der Waals surface area contributed by atoms with E-state index < -0.39 is 5.97 Å². The number of benzene rings is 1. The van der Waals surface area contributed by atoms with Gasteiger partial charge in [-0.15, -0.1) is 0 Å². The SMILES string of the molecule is COC(=O)c1ccccc1C(=O)N1C[C@H](Oc2nccn3ccnc23)CC[C@H]1C. The third kappa shape index (κ3) is 3.65. The highest BCUT2D eigenvalue weighted by atomic mass is 16.5. The number of hydrogen-bond donors (Lipinski definition) is 0. The van der Waals surface area contributed by atoms with Crippen molar-refractivity contribution in [3.63, 3.8) is 0 Å². The lowest BCUT2D eigenvalue weighted by atomic mass is 9.98. The summed E-state index contributed by atoms with van der Waals surface area (Å²) in [6.07, 6.45) is 8.35. The summed E-state index contributed by atoms with van der Waals surface area (Å²) >= 11 is 0. The van der Waals surface area contributed by atoms with Gasteiger partial charge < -0.3 is 18.8 Å². The maximum Gasteiger partial charge on any atom is 0.338 e. The Bertz CT molecular complexity index is 1050. The first kappa shape index (κ1) is 18.9. The van der Waals surface area contributed by atoms with E-state index in [1.165, 1.54) is 7.11 Å². The summed E-state index contributed by atoms with van der Waals surface area (Å²) in [6, 6.07) is 6.74. The van der Waals surface area contributed by atoms with Crippen LogP contribution in [0.25, 0.3) is 5.65 Å². The molecule has 0 unspecified atom stereocenters. The van der Waals surface area contributed by atoms with Crippen LogP contribution < -0.4 is 4.74 Å². The largest absolute Gasteiger partial charge is 0.470 e. The highest BCUT2D eigenvalue weighted by Gasteiger charge is 2.33. The monoisotopic (exact) mass is 394 g/mol. The fourth-order valence-corrected chi connectivity index (χ4v) is 3.64. The molecule has 3 heterocycles. The lowest BCUT2D eigenvalue weighted by Gasteiger charge is -2.38. The second kappa shape index (κ2) is 7.90. The van der Waals surface area contributed by atoms with E-state index in [-0.39, 0.29) is 23.6 Å². The van der Waals surface area contributed by atoms with Gasteiger partial charge in [0.05, 0.1) is 24.8 Å². The molecule has 4 rings (SSSR count). The molecule has 0 aliphatic carbocycles. The molecule has 0 saturated carbocycles. The normalized spacial score (nSPS) is 19.2. The van der Waals surface area contributed by atoms with Crippen LogP contribution in [-0.4, -0.2) is 56.9 Å². The zero-order chi connectivity index (χ0) is 20.4. The molecule has 0 N–H and O–H groups in total. The van der Waals surface area contributed by atoms with Crippen molar-refractivity contribution in [3.05, 3.63) is 60.2 Å². The van der Waals surface area contributed by atoms with Gasteiger partial charge in [-0.2, -0.15) is 0 Å². The molecule has 1 fully saturated rings. The van der Waals surface area contributed by atoms with Gasteiger partial charge in [-0.05, 0) is 31.9 Å². The highest BCUT2D eigenvalue weighted by Crippen LogP contribution is 2.25. The zero-order valence-electron chi connectivity index (χ0n) is 16.3. The van der Waals surface area contributed by atoms with Crippen LogP contribution in [-0.2, 0) is 4.74 Å². The Morgan fingerprint density at radius 1 is 1.07 bits per heavy atom. The summed E-state index contributed by atoms with van der Waals surface area (Å²) in [5, 5.41) is 0. The van der Waals surface area contributed by atoms with Crippen LogP contribution in [0.5, 0.6) is 5.88 Å². The van der Waals surface area contributed by atoms with Crippen LogP contribution in [0.4, 0.5) is 0 Å². The predicted octanol–water partition coefficient (Wildman–Crippen LogP) is 2.59. The number of methoxy groups -OCH3 is 1. The number of carbonyl (C=O) groups is 2. The molecule has 3 aromatic rings. The van der Waals surface area contributed by atoms with Crippen LogP contribution in [0.1, 0.15) is 40.5 Å². The molecule has 8 heteroatoms. The molecular weight excluding hydrogens is 372 g/mol. The van der Waals surface area contributed by atoms with Crippen molar-refractivity contribution in [2.75, 3.05) is 13.7 Å². The number of hydrogen-bond acceptors (Lipinski definition) is 6. The van der Waals surface area contributed by atoms with Gasteiger partial charge in [0.2, 0.25) is 0 Å². The number of aromatic nitrogens is 3. The van der Waals surface area contributed by atoms with E-state index in [0.29, 0.717) is 23.6 Å². The minimum atomic E-state index is -0.526. The molecule has 0 bridgehead atoms. The second-order valence-electron chi connectivity index (χ2n) is 7.05. The molecule has 150 valence electrons. The van der Waals surface area contributed by atoms with Crippen LogP contribution in [0.2, 0.25) is 0 Å². The summed E-state index contributed by atoms with van der Waals surface area (Å²) in [5.41, 5.74) is 1.24. The predicted molar refractivity (Wildman–Crippen MR) is 105 cm³/mol. The molecule has 1 aromatic carbocycles. The Kier molecular flexibility index (Phi) is 5.16. The third-order valence-corrected chi connectivity index (χ3v) is 5.22. The molecular formula is C21H22N4O4. The van der Waals surface area contributed by atoms with E-state index in [1.54, 1.807) is 47.8 Å². The summed E-state index contributed by atoms with van der Waals surface area (Å²) in [4.78, 5) is 35.7. The van der Waals surface area contributed by atoms with Crippen molar-refractivity contribution in [2.45, 2.75) is 31.9 Å². The zero-order valence-corrected chi connectivity index (χ0v) is 16.3. The number of carbonyl (C=O) groups excluding carboxylic acids is 2. The first-order valence-electron chi connectivity index (χ1n) is 9.51. The second-order valence-corrected chi connectivity index (χ2v) is 7.05. The van der Waals surface area contributed by atoms with E-state index in [1.807, 2.05) is 17.5 Å². The van der Waals surface area contributed by atoms with Gasteiger partial charge in [0.15, 0.2) is 5.65 Å². The summed E-state index contributed by atoms with van der Waals surface area (Å²) in [7, 11) is 1.31. The Morgan fingerprint density at radius 3 is 2.55 bits per heavy atom. The number of piperidine rings is 1. The number of likely N-dealkylation sites (tertiary alicyclic amines) is 1. The van der Waals surface area contributed by atoms with Gasteiger partial charge in [0, 0.05) is 30.8 Å². The smallest absolute Gasteiger partial charge is 0.338 e. The quantitative estimate of drug-likeness (QED) is 0.632. The van der Waals surface area contributed by atoms with Gasteiger partial charge in [-0.25, -0.2) is 14.8 Å². The van der Waals surface area contributed by atoms with E-state index in [0.717, 1.165) is 12.8 Å². The van der Waals surface area contributed by atoms with Crippen molar-refractivity contribution < 1.29 is 19.1 Å². The maximum absolute atomic E-state index is 13.3. The maximum atomic E-state index is 13.3. The molecule has 1 amide bonds. The number of ether oxygens (including phenoxy) is 2. The first-order chi connectivity index (χ1) is 14.1. The third-order valence-electron chi connectivity index (χ3n) is 5.22. The van der Waals surface area contributed by atoms with Gasteiger partial charge in [-0.1, -0.05) is 12.1 Å². The standard InChI is InChI=1S/C21H22N4O4/c1-14-7-8-15(29-19-18-22-9-11-24(18)12-10-23-19)13-25(14)20(26)16-5-3-4-6-17(16)21(27)28-2/h3-6,9-12,14-15H,7-8,13H2,1-2H3/t14-,15-/m1/s1. The van der Waals surface area contributed by atoms with Crippen molar-refractivity contribution in [3.8, 4) is 5.88 Å². The molecule has 0 spiro atoms. The Balaban J connectivity index is 1.56. The van der Waals surface area contributed by atoms with Crippen LogP contribution in [0, 0.1) is 0 Å². The topological polar surface area (TPSA) is 86.0 Å². The Morgan fingerprint density at radius 2 is 1.79 bits per heavy atom. The van der Waals surface area contributed by atoms with Crippen molar-refractivity contribution >= 4 is 17.5 Å². The minimum Gasteiger partial charge on any atom is -0.470 e. The number of nitrogens with zero attached hydrogens (tertiary/aromatic N) is 4. The average molecular weight is 394 g/mol. The fourth-order valence-electron chi connectivity index (χ4n) is 3.64. The molecule has 1 aliphatic rings. The molecule has 29 heavy (non-hydrogen) atoms. The number of fused-ring (bicyclic) bond motifs is 1. The van der Waals surface area contributed by atoms with Crippen molar-refractivity contribution in [1.82, 2.24) is 19.3 Å². The molecule has 1 saturated heterocycles. The molecule has 2 atom stereocenters. The van der Waals surface area contributed by atoms with Crippen LogP contribution >= 0.6 is 0 Å². The lowest BCUT2D eigenvalue weighted by Crippen LogP contribution is -2.49. The van der Waals surface area contributed by atoms with Crippen molar-refractivity contribution in [2.24, 2.45) is 0 Å². The number of amides is 1. The van der Waals surface area contributed by atoms with Crippen molar-refractivity contribution in [1.29, 1.82) is 0 Å². The highest BCUT2D eigenvalue weighted by molar-refractivity contribution is 6.05. The molecule has 1 aliphatic heterocycles. The van der Waals surface area contributed by atoms with Gasteiger partial charge >= 0.3 is 5.97 Å². The van der Waals surface area contributed by atoms with Gasteiger partial charge in [-0.3, -0.25) is 4.79 Å². The number of rotatable bonds is 4. The van der Waals surface area contributed by atoms with E-state index in [2.05, 4.69) is 9.97 Å². The average Bonchev–Trinajstić information content (AvgIpc) is 3.24. The summed E-state index contributed by atoms with van der Waals surface area (Å²) in [5.74, 6) is -0.292. The Hall–Kier alpha value is -3.42. The minimum absolute atomic E-state index is 0.0308. The van der Waals surface area contributed by atoms with E-state index in [9.17, 15) is 9.59 Å².